The SMILES string of the molecule is CC(=O)c1cc(C(=O)O)cc(-c2nnc(-c3nnc(-c4nc(-c5nnc(-c6nnc(-c7cc(C(=O)O)cc(C(=O)O)c7)nn6)nn5)nc(-c5nnc(-c6nnc(-c7cc(C(=O)O)cc(C(=O)O)c7)nn6)nn5)n4)nn3)nn2)c1. The maximum Gasteiger partial charge on any atom is 0.335 e. The van der Waals surface area contributed by atoms with E-state index < -0.39 is 35.6 Å². The summed E-state index contributed by atoms with van der Waals surface area (Å²) in [4.78, 5) is 83.1. The normalized spacial score (nSPS) is 10.9. The van der Waals surface area contributed by atoms with Crippen molar-refractivity contribution in [1.29, 1.82) is 0 Å². The second-order valence-electron chi connectivity index (χ2n) is 15.1. The summed E-state index contributed by atoms with van der Waals surface area (Å²) in [5, 5.41) is 142. The fourth-order valence-electron chi connectivity index (χ4n) is 6.29. The molecule has 0 bridgehead atoms. The minimum atomic E-state index is -1.41. The van der Waals surface area contributed by atoms with Crippen LogP contribution in [0.1, 0.15) is 69.1 Å². The molecule has 3 aromatic carbocycles. The van der Waals surface area contributed by atoms with Gasteiger partial charge in [0.1, 0.15) is 0 Å². The Morgan fingerprint density at radius 2 is 0.385 bits per heavy atom. The molecule has 38 heteroatoms. The Kier molecular flexibility index (Phi) is 12.6. The fourth-order valence-corrected chi connectivity index (χ4v) is 6.29. The Morgan fingerprint density at radius 1 is 0.231 bits per heavy atom. The summed E-state index contributed by atoms with van der Waals surface area (Å²) in [7, 11) is 0. The molecule has 0 aliphatic heterocycles. The molecule has 0 saturated heterocycles. The zero-order chi connectivity index (χ0) is 54.8. The molecular weight excluding hydrogens is 1030 g/mol. The van der Waals surface area contributed by atoms with Crippen LogP contribution in [0.5, 0.6) is 0 Å². The Bertz CT molecular complexity index is 3560. The zero-order valence-electron chi connectivity index (χ0n) is 38.0. The molecule has 0 aliphatic carbocycles. The predicted octanol–water partition coefficient (Wildman–Crippen LogP) is -0.952. The minimum absolute atomic E-state index is 0.0247. The van der Waals surface area contributed by atoms with Crippen LogP contribution in [0.15, 0.2) is 54.6 Å². The first-order chi connectivity index (χ1) is 37.5. The van der Waals surface area contributed by atoms with E-state index in [0.717, 1.165) is 36.4 Å². The third-order valence-corrected chi connectivity index (χ3v) is 9.92. The van der Waals surface area contributed by atoms with Gasteiger partial charge in [0.25, 0.3) is 0 Å². The quantitative estimate of drug-likeness (QED) is 0.0773. The number of carbonyl (C=O) groups is 6. The van der Waals surface area contributed by atoms with Crippen molar-refractivity contribution >= 4 is 35.6 Å². The number of rotatable bonds is 15. The van der Waals surface area contributed by atoms with Gasteiger partial charge in [0.05, 0.1) is 27.8 Å². The van der Waals surface area contributed by atoms with Crippen molar-refractivity contribution in [2.45, 2.75) is 6.92 Å². The molecule has 10 rings (SSSR count). The molecule has 0 atom stereocenters. The number of hydrogen-bond acceptors (Lipinski definition) is 33. The van der Waals surface area contributed by atoms with Gasteiger partial charge in [-0.3, -0.25) is 4.79 Å². The molecule has 378 valence electrons. The highest BCUT2D eigenvalue weighted by Gasteiger charge is 2.24. The Morgan fingerprint density at radius 3 is 0.564 bits per heavy atom. The number of ketones is 1. The van der Waals surface area contributed by atoms with Crippen molar-refractivity contribution in [3.05, 3.63) is 88.0 Å². The van der Waals surface area contributed by atoms with Gasteiger partial charge in [-0.1, -0.05) is 0 Å². The monoisotopic (exact) mass is 1050 g/mol. The van der Waals surface area contributed by atoms with E-state index in [2.05, 4.69) is 137 Å². The maximum atomic E-state index is 12.1. The lowest BCUT2D eigenvalue weighted by Gasteiger charge is -2.05. The molecule has 38 nitrogen and oxygen atoms in total. The van der Waals surface area contributed by atoms with Crippen molar-refractivity contribution in [2.24, 2.45) is 0 Å². The number of carboxylic acids is 5. The smallest absolute Gasteiger partial charge is 0.335 e. The molecule has 0 spiro atoms. The van der Waals surface area contributed by atoms with E-state index in [-0.39, 0.29) is 137 Å². The minimum Gasteiger partial charge on any atom is -0.478 e. The summed E-state index contributed by atoms with van der Waals surface area (Å²) in [6.45, 7) is 1.25. The Labute approximate surface area is 425 Å². The number of aromatic nitrogens is 27. The van der Waals surface area contributed by atoms with E-state index in [9.17, 15) is 54.3 Å². The number of carboxylic acid groups (broad SMARTS) is 5. The van der Waals surface area contributed by atoms with E-state index in [1.807, 2.05) is 0 Å². The van der Waals surface area contributed by atoms with Gasteiger partial charge in [-0.2, -0.15) is 0 Å². The topological polar surface area (TPSA) is 552 Å². The lowest BCUT2D eigenvalue weighted by atomic mass is 10.0. The number of Topliss-reactive ketones (excluding diaryl/α,β-unsaturated/α-hetero) is 1. The van der Waals surface area contributed by atoms with Crippen LogP contribution < -0.4 is 0 Å². The summed E-state index contributed by atoms with van der Waals surface area (Å²) >= 11 is 0. The molecule has 0 fully saturated rings. The van der Waals surface area contributed by atoms with Crippen molar-refractivity contribution in [3.63, 3.8) is 0 Å². The molecule has 7 aromatic heterocycles. The molecular formula is C40H17N27O11. The lowest BCUT2D eigenvalue weighted by molar-refractivity contribution is 0.0676. The van der Waals surface area contributed by atoms with E-state index in [0.29, 0.717) is 0 Å². The van der Waals surface area contributed by atoms with E-state index in [1.54, 1.807) is 0 Å². The highest BCUT2D eigenvalue weighted by atomic mass is 16.4. The first kappa shape index (κ1) is 48.9. The van der Waals surface area contributed by atoms with E-state index in [4.69, 9.17) is 0 Å². The van der Waals surface area contributed by atoms with Gasteiger partial charge in [0, 0.05) is 22.3 Å². The van der Waals surface area contributed by atoms with Crippen LogP contribution in [0.25, 0.3) is 104 Å². The predicted molar refractivity (Wildman–Crippen MR) is 241 cm³/mol. The Balaban J connectivity index is 0.957. The van der Waals surface area contributed by atoms with Gasteiger partial charge in [-0.05, 0) is 61.5 Å². The Hall–Kier alpha value is -12.7. The first-order valence-electron chi connectivity index (χ1n) is 20.9. The van der Waals surface area contributed by atoms with Crippen LogP contribution in [0.4, 0.5) is 0 Å². The van der Waals surface area contributed by atoms with Gasteiger partial charge < -0.3 is 25.5 Å². The van der Waals surface area contributed by atoms with Crippen molar-refractivity contribution in [2.75, 3.05) is 0 Å². The van der Waals surface area contributed by atoms with Gasteiger partial charge in [0.15, 0.2) is 5.78 Å². The molecule has 78 heavy (non-hydrogen) atoms. The second kappa shape index (κ2) is 20.1. The van der Waals surface area contributed by atoms with Gasteiger partial charge in [0.2, 0.25) is 87.4 Å². The van der Waals surface area contributed by atoms with Crippen molar-refractivity contribution < 1.29 is 54.3 Å². The molecule has 0 saturated carbocycles. The standard InChI is InChI=1S/C40H17N27O11/c1-11(68)12-2-13(4-16(3-12)36(69)70)21-44-56-30(57-45-21)33-62-50-27(51-63-33)24-41-25(28-52-64-34(65-53-28)31-58-46-22(47-59-31)14-5-17(37(71)72)9-18(6-14)38(73)74)43-26(42-24)29-54-66-35(67-55-29)32-60-48-23(49-61-32)15-7-19(39(75)76)10-20(8-15)40(77)78/h2-10H,1H3,(H,69,70)(H,71,72)(H,73,74)(H,75,76)(H,77,78). The summed E-state index contributed by atoms with van der Waals surface area (Å²) in [6, 6.07) is 10.2. The zero-order valence-corrected chi connectivity index (χ0v) is 38.0. The van der Waals surface area contributed by atoms with Crippen LogP contribution in [-0.2, 0) is 0 Å². The van der Waals surface area contributed by atoms with Crippen LogP contribution in [0, 0.1) is 0 Å². The number of nitrogens with zero attached hydrogens (tertiary/aromatic N) is 27. The average Bonchev–Trinajstić information content (AvgIpc) is 3.47. The van der Waals surface area contributed by atoms with Gasteiger partial charge >= 0.3 is 29.8 Å². The highest BCUT2D eigenvalue weighted by molar-refractivity contribution is 5.99. The number of aromatic carboxylic acids is 5. The highest BCUT2D eigenvalue weighted by Crippen LogP contribution is 2.24. The summed E-state index contributed by atoms with van der Waals surface area (Å²) in [5.74, 6) is -12.1. The van der Waals surface area contributed by atoms with Crippen LogP contribution in [0.2, 0.25) is 0 Å². The molecule has 0 aliphatic rings. The average molecular weight is 1050 g/mol. The number of carbonyl (C=O) groups excluding carboxylic acids is 1. The molecule has 0 unspecified atom stereocenters. The second-order valence-corrected chi connectivity index (χ2v) is 15.1. The van der Waals surface area contributed by atoms with Crippen molar-refractivity contribution in [3.8, 4) is 104 Å². The largest absolute Gasteiger partial charge is 0.478 e. The molecule has 5 N–H and O–H groups in total. The third-order valence-electron chi connectivity index (χ3n) is 9.92. The molecule has 7 heterocycles. The lowest BCUT2D eigenvalue weighted by Crippen LogP contribution is -2.11. The van der Waals surface area contributed by atoms with Crippen LogP contribution in [0.3, 0.4) is 0 Å². The maximum absolute atomic E-state index is 12.1. The van der Waals surface area contributed by atoms with E-state index >= 15 is 0 Å². The molecule has 0 amide bonds. The summed E-state index contributed by atoms with van der Waals surface area (Å²) in [5.41, 5.74) is -1.48. The summed E-state index contributed by atoms with van der Waals surface area (Å²) < 4.78 is 0. The van der Waals surface area contributed by atoms with Gasteiger partial charge in [-0.25, -0.2) is 38.9 Å². The first-order valence-corrected chi connectivity index (χ1v) is 20.9. The third kappa shape index (κ3) is 10.2. The molecule has 0 radical (unpaired) electrons. The van der Waals surface area contributed by atoms with Crippen LogP contribution >= 0.6 is 0 Å². The molecule has 10 aromatic rings. The summed E-state index contributed by atoms with van der Waals surface area (Å²) in [6.07, 6.45) is 0. The van der Waals surface area contributed by atoms with Crippen LogP contribution in [-0.4, -0.2) is 198 Å². The van der Waals surface area contributed by atoms with E-state index in [1.165, 1.54) is 25.1 Å². The van der Waals surface area contributed by atoms with Gasteiger partial charge in [-0.15, -0.1) is 122 Å². The van der Waals surface area contributed by atoms with Crippen molar-refractivity contribution in [1.82, 2.24) is 137 Å². The number of hydrogen-bond donors (Lipinski definition) is 5. The number of benzene rings is 3. The fraction of sp³-hybridized carbons (Fsp3) is 0.0250.